The number of carbonyl (C=O) groups excluding carboxylic acids is 1. The Morgan fingerprint density at radius 2 is 1.65 bits per heavy atom. The molecule has 2 aromatic carbocycles. The molecule has 0 saturated carbocycles. The van der Waals surface area contributed by atoms with E-state index < -0.39 is 10.0 Å². The third kappa shape index (κ3) is 7.05. The van der Waals surface area contributed by atoms with Crippen LogP contribution in [0.5, 0.6) is 5.75 Å². The van der Waals surface area contributed by atoms with Gasteiger partial charge in [0, 0.05) is 24.3 Å². The molecule has 0 radical (unpaired) electrons. The van der Waals surface area contributed by atoms with Crippen LogP contribution in [-0.4, -0.2) is 38.3 Å². The Morgan fingerprint density at radius 3 is 2.19 bits per heavy atom. The molecule has 0 atom stereocenters. The van der Waals surface area contributed by atoms with Gasteiger partial charge in [-0.1, -0.05) is 27.2 Å². The van der Waals surface area contributed by atoms with E-state index in [1.165, 1.54) is 16.4 Å². The molecule has 0 aromatic heterocycles. The molecule has 170 valence electrons. The summed E-state index contributed by atoms with van der Waals surface area (Å²) in [5.41, 5.74) is 1.00. The molecule has 0 spiro atoms. The van der Waals surface area contributed by atoms with E-state index in [-0.39, 0.29) is 10.8 Å². The second-order valence-corrected chi connectivity index (χ2v) is 10.0. The summed E-state index contributed by atoms with van der Waals surface area (Å²) < 4.78 is 33.6. The highest BCUT2D eigenvalue weighted by Gasteiger charge is 2.23. The number of ether oxygens (including phenoxy) is 1. The fourth-order valence-electron chi connectivity index (χ4n) is 3.00. The van der Waals surface area contributed by atoms with Crippen LogP contribution >= 0.6 is 15.9 Å². The third-order valence-electron chi connectivity index (χ3n) is 4.65. The number of sulfonamides is 1. The maximum absolute atomic E-state index is 12.9. The molecule has 1 amide bonds. The van der Waals surface area contributed by atoms with Crippen molar-refractivity contribution in [3.63, 3.8) is 0 Å². The van der Waals surface area contributed by atoms with Crippen LogP contribution in [0.1, 0.15) is 56.8 Å². The van der Waals surface area contributed by atoms with E-state index in [1.54, 1.807) is 30.3 Å². The van der Waals surface area contributed by atoms with Gasteiger partial charge in [0.2, 0.25) is 10.0 Å². The molecule has 0 bridgehead atoms. The molecule has 6 nitrogen and oxygen atoms in total. The molecule has 0 aliphatic rings. The zero-order chi connectivity index (χ0) is 22.9. The van der Waals surface area contributed by atoms with Crippen LogP contribution in [0, 0.1) is 0 Å². The smallest absolute Gasteiger partial charge is 0.255 e. The first kappa shape index (κ1) is 25.4. The molecular weight excluding hydrogens is 480 g/mol. The van der Waals surface area contributed by atoms with E-state index in [9.17, 15) is 13.2 Å². The molecule has 31 heavy (non-hydrogen) atoms. The van der Waals surface area contributed by atoms with Crippen LogP contribution in [0.15, 0.2) is 51.8 Å². The average molecular weight is 511 g/mol. The fourth-order valence-corrected chi connectivity index (χ4v) is 5.12. The summed E-state index contributed by atoms with van der Waals surface area (Å²) in [5, 5.41) is 2.81. The first-order valence-electron chi connectivity index (χ1n) is 10.7. The first-order chi connectivity index (χ1) is 14.8. The van der Waals surface area contributed by atoms with Crippen molar-refractivity contribution < 1.29 is 17.9 Å². The molecule has 0 fully saturated rings. The van der Waals surface area contributed by atoms with Crippen LogP contribution in [0.2, 0.25) is 0 Å². The van der Waals surface area contributed by atoms with Gasteiger partial charge in [0.1, 0.15) is 5.75 Å². The monoisotopic (exact) mass is 510 g/mol. The number of unbranched alkanes of at least 4 members (excludes halogenated alkanes) is 1. The Morgan fingerprint density at radius 1 is 1.00 bits per heavy atom. The summed E-state index contributed by atoms with van der Waals surface area (Å²) in [6.07, 6.45) is 3.53. The summed E-state index contributed by atoms with van der Waals surface area (Å²) >= 11 is 3.45. The van der Waals surface area contributed by atoms with Gasteiger partial charge in [0.15, 0.2) is 0 Å². The van der Waals surface area contributed by atoms with E-state index in [2.05, 4.69) is 28.2 Å². The second-order valence-electron chi connectivity index (χ2n) is 7.23. The third-order valence-corrected chi connectivity index (χ3v) is 7.18. The quantitative estimate of drug-likeness (QED) is 0.372. The molecular formula is C23H31BrN2O4S. The van der Waals surface area contributed by atoms with E-state index in [0.29, 0.717) is 41.2 Å². The largest absolute Gasteiger partial charge is 0.492 e. The highest BCUT2D eigenvalue weighted by atomic mass is 79.9. The Balaban J connectivity index is 2.09. The predicted molar refractivity (Wildman–Crippen MR) is 128 cm³/mol. The van der Waals surface area contributed by atoms with Gasteiger partial charge >= 0.3 is 0 Å². The van der Waals surface area contributed by atoms with Gasteiger partial charge in [-0.3, -0.25) is 4.79 Å². The Labute approximate surface area is 194 Å². The molecule has 0 aliphatic carbocycles. The number of hydrogen-bond acceptors (Lipinski definition) is 4. The van der Waals surface area contributed by atoms with E-state index in [4.69, 9.17) is 4.74 Å². The summed E-state index contributed by atoms with van der Waals surface area (Å²) in [7, 11) is -3.54. The zero-order valence-electron chi connectivity index (χ0n) is 18.4. The van der Waals surface area contributed by atoms with Gasteiger partial charge in [-0.15, -0.1) is 0 Å². The Hall–Kier alpha value is -1.90. The SMILES string of the molecule is CCCCOc1ccc(C(=O)Nc2ccc(S(=O)(=O)N(CCC)CCC)cc2)cc1Br. The molecule has 2 rings (SSSR count). The van der Waals surface area contributed by atoms with Gasteiger partial charge < -0.3 is 10.1 Å². The lowest BCUT2D eigenvalue weighted by atomic mass is 10.2. The molecule has 0 heterocycles. The maximum Gasteiger partial charge on any atom is 0.255 e. The second kappa shape index (κ2) is 12.2. The molecule has 2 aromatic rings. The first-order valence-corrected chi connectivity index (χ1v) is 12.9. The number of amides is 1. The summed E-state index contributed by atoms with van der Waals surface area (Å²) in [4.78, 5) is 12.8. The van der Waals surface area contributed by atoms with Gasteiger partial charge in [-0.05, 0) is 77.7 Å². The van der Waals surface area contributed by atoms with Gasteiger partial charge in [-0.25, -0.2) is 8.42 Å². The zero-order valence-corrected chi connectivity index (χ0v) is 20.8. The van der Waals surface area contributed by atoms with Gasteiger partial charge in [0.05, 0.1) is 16.0 Å². The van der Waals surface area contributed by atoms with Crippen LogP contribution in [0.4, 0.5) is 5.69 Å². The number of nitrogens with zero attached hydrogens (tertiary/aromatic N) is 1. The maximum atomic E-state index is 12.9. The van der Waals surface area contributed by atoms with Crippen LogP contribution in [0.3, 0.4) is 0 Å². The highest BCUT2D eigenvalue weighted by molar-refractivity contribution is 9.10. The number of benzene rings is 2. The van der Waals surface area contributed by atoms with Crippen LogP contribution in [0.25, 0.3) is 0 Å². The number of nitrogens with one attached hydrogen (secondary N) is 1. The van der Waals surface area contributed by atoms with Crippen molar-refractivity contribution >= 4 is 37.5 Å². The average Bonchev–Trinajstić information content (AvgIpc) is 2.75. The highest BCUT2D eigenvalue weighted by Crippen LogP contribution is 2.27. The van der Waals surface area contributed by atoms with Crippen molar-refractivity contribution in [2.45, 2.75) is 51.3 Å². The lowest BCUT2D eigenvalue weighted by Crippen LogP contribution is -2.32. The standard InChI is InChI=1S/C23H31BrN2O4S/c1-4-7-16-30-22-13-8-18(17-21(22)24)23(27)25-19-9-11-20(12-10-19)31(28,29)26(14-5-2)15-6-3/h8-13,17H,4-7,14-16H2,1-3H3,(H,25,27). The van der Waals surface area contributed by atoms with Crippen molar-refractivity contribution in [2.24, 2.45) is 0 Å². The van der Waals surface area contributed by atoms with Gasteiger partial charge in [0.25, 0.3) is 5.91 Å². The lowest BCUT2D eigenvalue weighted by molar-refractivity contribution is 0.102. The predicted octanol–water partition coefficient (Wildman–Crippen LogP) is 5.69. The van der Waals surface area contributed by atoms with Gasteiger partial charge in [-0.2, -0.15) is 4.31 Å². The molecule has 0 unspecified atom stereocenters. The van der Waals surface area contributed by atoms with Crippen molar-refractivity contribution in [3.05, 3.63) is 52.5 Å². The van der Waals surface area contributed by atoms with E-state index >= 15 is 0 Å². The summed E-state index contributed by atoms with van der Waals surface area (Å²) in [6.45, 7) is 7.62. The summed E-state index contributed by atoms with van der Waals surface area (Å²) in [6, 6.07) is 11.5. The Bertz CT molecular complexity index is 956. The number of carbonyl (C=O) groups is 1. The Kier molecular flexibility index (Phi) is 9.99. The van der Waals surface area contributed by atoms with Crippen molar-refractivity contribution in [1.29, 1.82) is 0 Å². The molecule has 1 N–H and O–H groups in total. The van der Waals surface area contributed by atoms with Crippen molar-refractivity contribution in [2.75, 3.05) is 25.0 Å². The van der Waals surface area contributed by atoms with Crippen molar-refractivity contribution in [3.8, 4) is 5.75 Å². The van der Waals surface area contributed by atoms with E-state index in [1.807, 2.05) is 13.8 Å². The van der Waals surface area contributed by atoms with E-state index in [0.717, 1.165) is 25.7 Å². The molecule has 8 heteroatoms. The minimum Gasteiger partial charge on any atom is -0.492 e. The topological polar surface area (TPSA) is 75.7 Å². The normalized spacial score (nSPS) is 11.5. The lowest BCUT2D eigenvalue weighted by Gasteiger charge is -2.21. The summed E-state index contributed by atoms with van der Waals surface area (Å²) in [5.74, 6) is 0.415. The fraction of sp³-hybridized carbons (Fsp3) is 0.435. The number of halogens is 1. The van der Waals surface area contributed by atoms with Crippen LogP contribution < -0.4 is 10.1 Å². The number of hydrogen-bond donors (Lipinski definition) is 1. The minimum atomic E-state index is -3.54. The minimum absolute atomic E-state index is 0.226. The number of rotatable bonds is 12. The number of anilines is 1. The molecule has 0 saturated heterocycles. The van der Waals surface area contributed by atoms with Crippen LogP contribution in [-0.2, 0) is 10.0 Å². The van der Waals surface area contributed by atoms with Crippen molar-refractivity contribution in [1.82, 2.24) is 4.31 Å². The molecule has 0 aliphatic heterocycles.